The second-order valence-corrected chi connectivity index (χ2v) is 5.91. The number of amides is 1. The average molecular weight is 341 g/mol. The monoisotopic (exact) mass is 341 g/mol. The van der Waals surface area contributed by atoms with Crippen LogP contribution in [0.4, 0.5) is 5.00 Å². The van der Waals surface area contributed by atoms with Crippen LogP contribution in [0.1, 0.15) is 34.6 Å². The molecule has 1 aliphatic rings. The van der Waals surface area contributed by atoms with E-state index in [0.717, 1.165) is 10.4 Å². The lowest BCUT2D eigenvalue weighted by molar-refractivity contribution is -0.114. The number of carbonyl (C=O) groups is 2. The Morgan fingerprint density at radius 2 is 1.58 bits per heavy atom. The Morgan fingerprint density at radius 1 is 1.00 bits per heavy atom. The summed E-state index contributed by atoms with van der Waals surface area (Å²) in [6.45, 7) is 3.44. The molecule has 0 spiro atoms. The molecule has 5 heteroatoms. The highest BCUT2D eigenvalue weighted by Gasteiger charge is 2.23. The van der Waals surface area contributed by atoms with Crippen molar-refractivity contribution < 1.29 is 14.3 Å². The molecular formula is C19H19NO3S. The molecule has 2 rings (SSSR count). The number of thiophene rings is 1. The second kappa shape index (κ2) is 8.84. The molecule has 1 aromatic rings. The van der Waals surface area contributed by atoms with Gasteiger partial charge in [0.25, 0.3) is 0 Å². The van der Waals surface area contributed by atoms with Crippen molar-refractivity contribution in [2.24, 2.45) is 0 Å². The van der Waals surface area contributed by atoms with Gasteiger partial charge in [0.2, 0.25) is 5.91 Å². The molecule has 0 fully saturated rings. The summed E-state index contributed by atoms with van der Waals surface area (Å²) < 4.78 is 5.16. The molecule has 0 radical (unpaired) electrons. The minimum absolute atomic E-state index is 0.227. The predicted octanol–water partition coefficient (Wildman–Crippen LogP) is 4.59. The Balaban J connectivity index is 2.59. The number of hydrogen-bond donors (Lipinski definition) is 1. The van der Waals surface area contributed by atoms with Crippen LogP contribution in [0.2, 0.25) is 0 Å². The maximum atomic E-state index is 12.4. The zero-order valence-electron chi connectivity index (χ0n) is 13.6. The predicted molar refractivity (Wildman–Crippen MR) is 100 cm³/mol. The van der Waals surface area contributed by atoms with Gasteiger partial charge in [0.15, 0.2) is 0 Å². The third-order valence-electron chi connectivity index (χ3n) is 3.03. The molecule has 0 unspecified atom stereocenters. The zero-order valence-corrected chi connectivity index (χ0v) is 14.4. The Labute approximate surface area is 145 Å². The molecule has 0 saturated carbocycles. The van der Waals surface area contributed by atoms with E-state index in [-0.39, 0.29) is 12.5 Å². The first-order chi connectivity index (χ1) is 11.6. The summed E-state index contributed by atoms with van der Waals surface area (Å²) in [5, 5.41) is 3.23. The van der Waals surface area contributed by atoms with Crippen LogP contribution in [0, 0.1) is 0 Å². The number of hydrogen-bond acceptors (Lipinski definition) is 4. The Hall–Kier alpha value is -2.66. The summed E-state index contributed by atoms with van der Waals surface area (Å²) in [5.74, 6) is -0.668. The van der Waals surface area contributed by atoms with Crippen molar-refractivity contribution in [1.29, 1.82) is 0 Å². The molecule has 24 heavy (non-hydrogen) atoms. The normalized spacial score (nSPS) is 19.8. The SMILES string of the molecule is CCOC(=O)c1c(NC(C)=O)sc2c1\C=C/C=C\C=C/C=C\C=C/2. The number of carbonyl (C=O) groups excluding carboxylic acids is 2. The quantitative estimate of drug-likeness (QED) is 0.818. The van der Waals surface area contributed by atoms with Crippen molar-refractivity contribution in [2.75, 3.05) is 11.9 Å². The van der Waals surface area contributed by atoms with Gasteiger partial charge in [-0.05, 0) is 13.0 Å². The van der Waals surface area contributed by atoms with Gasteiger partial charge < -0.3 is 10.1 Å². The highest BCUT2D eigenvalue weighted by Crippen LogP contribution is 2.36. The van der Waals surface area contributed by atoms with E-state index < -0.39 is 5.97 Å². The minimum atomic E-state index is -0.441. The number of ether oxygens (including phenoxy) is 1. The smallest absolute Gasteiger partial charge is 0.341 e. The van der Waals surface area contributed by atoms with Gasteiger partial charge >= 0.3 is 5.97 Å². The van der Waals surface area contributed by atoms with Crippen molar-refractivity contribution in [3.63, 3.8) is 0 Å². The van der Waals surface area contributed by atoms with Crippen LogP contribution < -0.4 is 5.32 Å². The standard InChI is InChI=1S/C19H19NO3S/c1-3-23-19(22)17-15-12-10-8-6-4-5-7-9-11-13-16(15)24-18(17)20-14(2)21/h4-13H,3H2,1-2H3,(H,20,21)/b5-4-,6-4?,7-5?,8-6-,9-7-,10-8?,11-9?,12-10-,13-11-,15-12?,16-13?. The third kappa shape index (κ3) is 4.67. The lowest BCUT2D eigenvalue weighted by Crippen LogP contribution is -2.11. The lowest BCUT2D eigenvalue weighted by atomic mass is 10.1. The number of fused-ring (bicyclic) bond motifs is 1. The van der Waals surface area contributed by atoms with Crippen molar-refractivity contribution >= 4 is 40.4 Å². The van der Waals surface area contributed by atoms with Gasteiger partial charge in [-0.2, -0.15) is 0 Å². The first kappa shape index (κ1) is 17.7. The molecule has 0 bridgehead atoms. The Bertz CT molecular complexity index is 764. The van der Waals surface area contributed by atoms with E-state index in [2.05, 4.69) is 5.32 Å². The van der Waals surface area contributed by atoms with Crippen LogP contribution in [0.5, 0.6) is 0 Å². The molecular weight excluding hydrogens is 322 g/mol. The summed E-state index contributed by atoms with van der Waals surface area (Å²) in [6.07, 6.45) is 19.0. The van der Waals surface area contributed by atoms with Gasteiger partial charge in [0.05, 0.1) is 6.61 Å². The second-order valence-electron chi connectivity index (χ2n) is 4.86. The fourth-order valence-electron chi connectivity index (χ4n) is 2.08. The Kier molecular flexibility index (Phi) is 6.51. The van der Waals surface area contributed by atoms with Crippen LogP contribution in [-0.4, -0.2) is 18.5 Å². The van der Waals surface area contributed by atoms with Crippen LogP contribution in [-0.2, 0) is 9.53 Å². The largest absolute Gasteiger partial charge is 0.462 e. The average Bonchev–Trinajstić information content (AvgIpc) is 2.84. The molecule has 1 aliphatic carbocycles. The minimum Gasteiger partial charge on any atom is -0.462 e. The number of anilines is 1. The van der Waals surface area contributed by atoms with Crippen LogP contribution in [0.3, 0.4) is 0 Å². The molecule has 4 nitrogen and oxygen atoms in total. The molecule has 0 atom stereocenters. The molecule has 1 N–H and O–H groups in total. The summed E-state index contributed by atoms with van der Waals surface area (Å²) in [6, 6.07) is 0. The van der Waals surface area contributed by atoms with E-state index in [1.165, 1.54) is 18.3 Å². The van der Waals surface area contributed by atoms with Crippen LogP contribution in [0.15, 0.2) is 48.6 Å². The van der Waals surface area contributed by atoms with Crippen molar-refractivity contribution in [1.82, 2.24) is 0 Å². The number of rotatable bonds is 3. The van der Waals surface area contributed by atoms with Crippen molar-refractivity contribution in [2.45, 2.75) is 13.8 Å². The number of nitrogens with one attached hydrogen (secondary N) is 1. The topological polar surface area (TPSA) is 55.4 Å². The Morgan fingerprint density at radius 3 is 2.17 bits per heavy atom. The fraction of sp³-hybridized carbons (Fsp3) is 0.158. The van der Waals surface area contributed by atoms with E-state index in [1.807, 2.05) is 60.8 Å². The zero-order chi connectivity index (χ0) is 17.4. The van der Waals surface area contributed by atoms with Gasteiger partial charge in [-0.25, -0.2) is 4.79 Å². The fourth-order valence-corrected chi connectivity index (χ4v) is 3.22. The molecule has 0 saturated heterocycles. The van der Waals surface area contributed by atoms with E-state index in [4.69, 9.17) is 4.74 Å². The van der Waals surface area contributed by atoms with E-state index in [1.54, 1.807) is 6.92 Å². The number of allylic oxidation sites excluding steroid dienone is 8. The first-order valence-electron chi connectivity index (χ1n) is 7.59. The summed E-state index contributed by atoms with van der Waals surface area (Å²) in [4.78, 5) is 24.7. The van der Waals surface area contributed by atoms with E-state index in [9.17, 15) is 9.59 Å². The van der Waals surface area contributed by atoms with E-state index in [0.29, 0.717) is 10.6 Å². The molecule has 0 aliphatic heterocycles. The molecule has 1 aromatic heterocycles. The van der Waals surface area contributed by atoms with Gasteiger partial charge in [0, 0.05) is 17.4 Å². The maximum absolute atomic E-state index is 12.4. The molecule has 0 aromatic carbocycles. The molecule has 1 heterocycles. The van der Waals surface area contributed by atoms with Gasteiger partial charge in [-0.1, -0.05) is 54.7 Å². The highest BCUT2D eigenvalue weighted by atomic mass is 32.1. The first-order valence-corrected chi connectivity index (χ1v) is 8.41. The summed E-state index contributed by atoms with van der Waals surface area (Å²) in [5.41, 5.74) is 1.12. The van der Waals surface area contributed by atoms with E-state index >= 15 is 0 Å². The summed E-state index contributed by atoms with van der Waals surface area (Å²) in [7, 11) is 0. The van der Waals surface area contributed by atoms with Crippen LogP contribution in [0.25, 0.3) is 12.2 Å². The van der Waals surface area contributed by atoms with Crippen molar-refractivity contribution in [3.05, 3.63) is 64.6 Å². The summed E-state index contributed by atoms with van der Waals surface area (Å²) >= 11 is 1.35. The third-order valence-corrected chi connectivity index (χ3v) is 4.12. The van der Waals surface area contributed by atoms with Gasteiger partial charge in [0.1, 0.15) is 10.6 Å². The van der Waals surface area contributed by atoms with Crippen molar-refractivity contribution in [3.8, 4) is 0 Å². The maximum Gasteiger partial charge on any atom is 0.341 e. The number of esters is 1. The molecule has 124 valence electrons. The molecule has 1 amide bonds. The van der Waals surface area contributed by atoms with Gasteiger partial charge in [-0.3, -0.25) is 4.79 Å². The lowest BCUT2D eigenvalue weighted by Gasteiger charge is -2.05. The van der Waals surface area contributed by atoms with Crippen LogP contribution >= 0.6 is 11.3 Å². The highest BCUT2D eigenvalue weighted by molar-refractivity contribution is 7.17. The van der Waals surface area contributed by atoms with Gasteiger partial charge in [-0.15, -0.1) is 11.3 Å².